The van der Waals surface area contributed by atoms with Gasteiger partial charge in [0, 0.05) is 13.1 Å². The Hall–Kier alpha value is -2.83. The van der Waals surface area contributed by atoms with E-state index in [1.165, 1.54) is 0 Å². The van der Waals surface area contributed by atoms with Crippen molar-refractivity contribution < 1.29 is 23.6 Å². The molecule has 150 valence electrons. The van der Waals surface area contributed by atoms with E-state index >= 15 is 0 Å². The molecule has 1 aromatic carbocycles. The van der Waals surface area contributed by atoms with Gasteiger partial charge in [0.1, 0.15) is 18.1 Å². The molecule has 0 bridgehead atoms. The Bertz CT molecular complexity index is 828. The number of aromatic nitrogens is 1. The minimum absolute atomic E-state index is 0.189. The van der Waals surface area contributed by atoms with Crippen molar-refractivity contribution in [1.29, 1.82) is 0 Å². The van der Waals surface area contributed by atoms with E-state index in [9.17, 15) is 9.59 Å². The number of aryl methyl sites for hydroxylation is 2. The van der Waals surface area contributed by atoms with Crippen LogP contribution in [0.4, 0.5) is 0 Å². The van der Waals surface area contributed by atoms with Crippen LogP contribution in [-0.2, 0) is 16.1 Å². The molecule has 1 atom stereocenters. The van der Waals surface area contributed by atoms with Crippen molar-refractivity contribution in [2.45, 2.75) is 40.2 Å². The summed E-state index contributed by atoms with van der Waals surface area (Å²) in [6, 6.07) is 7.69. The predicted octanol–water partition coefficient (Wildman–Crippen LogP) is 3.29. The van der Waals surface area contributed by atoms with Crippen molar-refractivity contribution in [3.63, 3.8) is 0 Å². The van der Waals surface area contributed by atoms with E-state index in [0.717, 1.165) is 18.4 Å². The first-order valence-electron chi connectivity index (χ1n) is 9.60. The number of hydrogen-bond donors (Lipinski definition) is 0. The van der Waals surface area contributed by atoms with E-state index in [4.69, 9.17) is 14.0 Å². The summed E-state index contributed by atoms with van der Waals surface area (Å²) in [6.45, 7) is 6.99. The maximum Gasteiger partial charge on any atom is 0.310 e. The Labute approximate surface area is 164 Å². The number of carbonyl (C=O) groups is 2. The quantitative estimate of drug-likeness (QED) is 0.709. The third kappa shape index (κ3) is 4.52. The minimum atomic E-state index is -0.294. The van der Waals surface area contributed by atoms with Gasteiger partial charge in [-0.1, -0.05) is 22.9 Å². The lowest BCUT2D eigenvalue weighted by Crippen LogP contribution is -2.43. The molecule has 1 fully saturated rings. The van der Waals surface area contributed by atoms with Crippen LogP contribution in [0.2, 0.25) is 0 Å². The topological polar surface area (TPSA) is 81.9 Å². The number of piperidine rings is 1. The van der Waals surface area contributed by atoms with Crippen LogP contribution in [0.1, 0.15) is 47.1 Å². The van der Waals surface area contributed by atoms with E-state index in [1.54, 1.807) is 18.7 Å². The lowest BCUT2D eigenvalue weighted by molar-refractivity contribution is -0.149. The van der Waals surface area contributed by atoms with Crippen molar-refractivity contribution in [2.24, 2.45) is 5.92 Å². The van der Waals surface area contributed by atoms with Crippen LogP contribution in [0.15, 0.2) is 28.8 Å². The highest BCUT2D eigenvalue weighted by Crippen LogP contribution is 2.23. The van der Waals surface area contributed by atoms with Gasteiger partial charge < -0.3 is 18.9 Å². The van der Waals surface area contributed by atoms with Crippen LogP contribution in [0.5, 0.6) is 5.75 Å². The van der Waals surface area contributed by atoms with Crippen LogP contribution in [0.25, 0.3) is 0 Å². The van der Waals surface area contributed by atoms with Gasteiger partial charge in [-0.15, -0.1) is 0 Å². The van der Waals surface area contributed by atoms with Gasteiger partial charge in [0.15, 0.2) is 5.69 Å². The Balaban J connectivity index is 1.70. The van der Waals surface area contributed by atoms with Crippen LogP contribution >= 0.6 is 0 Å². The number of carbonyl (C=O) groups excluding carboxylic acids is 2. The Morgan fingerprint density at radius 1 is 1.25 bits per heavy atom. The van der Waals surface area contributed by atoms with Gasteiger partial charge in [0.05, 0.1) is 18.1 Å². The van der Waals surface area contributed by atoms with Gasteiger partial charge in [-0.05, 0) is 45.7 Å². The Kier molecular flexibility index (Phi) is 6.34. The first-order chi connectivity index (χ1) is 13.5. The van der Waals surface area contributed by atoms with Gasteiger partial charge in [0.2, 0.25) is 0 Å². The molecule has 28 heavy (non-hydrogen) atoms. The molecule has 3 rings (SSSR count). The van der Waals surface area contributed by atoms with E-state index in [2.05, 4.69) is 5.16 Å². The van der Waals surface area contributed by atoms with Gasteiger partial charge in [-0.2, -0.15) is 0 Å². The molecule has 1 aliphatic heterocycles. The molecule has 2 heterocycles. The molecule has 0 N–H and O–H groups in total. The summed E-state index contributed by atoms with van der Waals surface area (Å²) in [6.07, 6.45) is 1.48. The van der Waals surface area contributed by atoms with E-state index in [1.807, 2.05) is 31.2 Å². The summed E-state index contributed by atoms with van der Waals surface area (Å²) >= 11 is 0. The first-order valence-corrected chi connectivity index (χ1v) is 9.60. The Morgan fingerprint density at radius 2 is 2.00 bits per heavy atom. The predicted molar refractivity (Wildman–Crippen MR) is 102 cm³/mol. The highest BCUT2D eigenvalue weighted by molar-refractivity contribution is 5.94. The van der Waals surface area contributed by atoms with Crippen molar-refractivity contribution in [1.82, 2.24) is 10.1 Å². The molecule has 0 spiro atoms. The summed E-state index contributed by atoms with van der Waals surface area (Å²) in [5.41, 5.74) is 2.02. The molecule has 1 aliphatic rings. The highest BCUT2D eigenvalue weighted by Gasteiger charge is 2.32. The number of esters is 1. The zero-order valence-electron chi connectivity index (χ0n) is 16.6. The molecule has 7 heteroatoms. The lowest BCUT2D eigenvalue weighted by atomic mass is 9.97. The summed E-state index contributed by atoms with van der Waals surface area (Å²) in [4.78, 5) is 26.7. The summed E-state index contributed by atoms with van der Waals surface area (Å²) < 4.78 is 16.2. The molecular weight excluding hydrogens is 360 g/mol. The fourth-order valence-electron chi connectivity index (χ4n) is 3.28. The molecular formula is C21H26N2O5. The lowest BCUT2D eigenvalue weighted by Gasteiger charge is -2.31. The third-order valence-electron chi connectivity index (χ3n) is 4.92. The Morgan fingerprint density at radius 3 is 2.71 bits per heavy atom. The molecule has 2 aromatic rings. The van der Waals surface area contributed by atoms with Crippen molar-refractivity contribution in [2.75, 3.05) is 19.7 Å². The second-order valence-electron chi connectivity index (χ2n) is 7.01. The average Bonchev–Trinajstić information content (AvgIpc) is 3.07. The largest absolute Gasteiger partial charge is 0.489 e. The summed E-state index contributed by atoms with van der Waals surface area (Å²) in [7, 11) is 0. The van der Waals surface area contributed by atoms with Crippen LogP contribution in [0, 0.1) is 19.8 Å². The molecule has 0 radical (unpaired) electrons. The molecule has 1 saturated heterocycles. The van der Waals surface area contributed by atoms with Crippen molar-refractivity contribution in [3.05, 3.63) is 46.8 Å². The smallest absolute Gasteiger partial charge is 0.310 e. The zero-order chi connectivity index (χ0) is 20.1. The minimum Gasteiger partial charge on any atom is -0.489 e. The molecule has 1 amide bonds. The summed E-state index contributed by atoms with van der Waals surface area (Å²) in [5, 5.41) is 3.96. The number of nitrogens with zero attached hydrogens (tertiary/aromatic N) is 2. The normalized spacial score (nSPS) is 16.7. The number of benzene rings is 1. The van der Waals surface area contributed by atoms with Crippen LogP contribution in [-0.4, -0.2) is 41.6 Å². The number of ether oxygens (including phenoxy) is 2. The molecule has 7 nitrogen and oxygen atoms in total. The van der Waals surface area contributed by atoms with E-state index in [0.29, 0.717) is 36.8 Å². The number of likely N-dealkylation sites (tertiary alicyclic amines) is 1. The number of rotatable bonds is 6. The number of amides is 1. The van der Waals surface area contributed by atoms with Crippen LogP contribution in [0.3, 0.4) is 0 Å². The monoisotopic (exact) mass is 386 g/mol. The second kappa shape index (κ2) is 8.91. The maximum absolute atomic E-state index is 13.0. The van der Waals surface area contributed by atoms with Gasteiger partial charge >= 0.3 is 5.97 Å². The van der Waals surface area contributed by atoms with Crippen LogP contribution < -0.4 is 4.74 Å². The zero-order valence-corrected chi connectivity index (χ0v) is 16.6. The third-order valence-corrected chi connectivity index (χ3v) is 4.92. The summed E-state index contributed by atoms with van der Waals surface area (Å²) in [5.74, 6) is 0.477. The number of hydrogen-bond acceptors (Lipinski definition) is 6. The average molecular weight is 386 g/mol. The molecule has 1 aromatic heterocycles. The SMILES string of the molecule is CCOC(=O)C1CCCN(C(=O)c2noc(C)c2COc2ccc(C)cc2)C1. The van der Waals surface area contributed by atoms with Gasteiger partial charge in [-0.25, -0.2) is 0 Å². The van der Waals surface area contributed by atoms with Gasteiger partial charge in [-0.3, -0.25) is 9.59 Å². The van der Waals surface area contributed by atoms with Crippen molar-refractivity contribution in [3.8, 4) is 5.75 Å². The van der Waals surface area contributed by atoms with E-state index < -0.39 is 0 Å². The highest BCUT2D eigenvalue weighted by atomic mass is 16.5. The van der Waals surface area contributed by atoms with E-state index in [-0.39, 0.29) is 30.1 Å². The standard InChI is InChI=1S/C21H26N2O5/c1-4-26-21(25)16-6-5-11-23(12-16)20(24)19-18(15(3)28-22-19)13-27-17-9-7-14(2)8-10-17/h7-10,16H,4-6,11-13H2,1-3H3. The maximum atomic E-state index is 13.0. The fourth-order valence-corrected chi connectivity index (χ4v) is 3.28. The second-order valence-corrected chi connectivity index (χ2v) is 7.01. The molecule has 1 unspecified atom stereocenters. The van der Waals surface area contributed by atoms with Crippen molar-refractivity contribution >= 4 is 11.9 Å². The molecule has 0 saturated carbocycles. The van der Waals surface area contributed by atoms with Gasteiger partial charge in [0.25, 0.3) is 5.91 Å². The first kappa shape index (κ1) is 19.9. The fraction of sp³-hybridized carbons (Fsp3) is 0.476. The molecule has 0 aliphatic carbocycles.